The van der Waals surface area contributed by atoms with Crippen LogP contribution in [0.5, 0.6) is 11.5 Å². The maximum atomic E-state index is 10.9. The van der Waals surface area contributed by atoms with Gasteiger partial charge in [-0.25, -0.2) is 4.79 Å². The fourth-order valence-electron chi connectivity index (χ4n) is 2.66. The lowest BCUT2D eigenvalue weighted by atomic mass is 10.1. The second kappa shape index (κ2) is 11.2. The van der Waals surface area contributed by atoms with Crippen molar-refractivity contribution in [2.24, 2.45) is 0 Å². The Kier molecular flexibility index (Phi) is 8.53. The summed E-state index contributed by atoms with van der Waals surface area (Å²) in [5.41, 5.74) is 1.49. The third-order valence-electron chi connectivity index (χ3n) is 4.15. The summed E-state index contributed by atoms with van der Waals surface area (Å²) in [6.07, 6.45) is 6.62. The summed E-state index contributed by atoms with van der Waals surface area (Å²) in [4.78, 5) is 10.9. The van der Waals surface area contributed by atoms with Gasteiger partial charge in [-0.3, -0.25) is 0 Å². The zero-order valence-corrected chi connectivity index (χ0v) is 15.4. The molecule has 0 saturated heterocycles. The molecule has 1 N–H and O–H groups in total. The largest absolute Gasteiger partial charge is 0.494 e. The van der Waals surface area contributed by atoms with Gasteiger partial charge in [0.15, 0.2) is 0 Å². The summed E-state index contributed by atoms with van der Waals surface area (Å²) in [6.45, 7) is 3.54. The summed E-state index contributed by atoms with van der Waals surface area (Å²) in [5.74, 6) is 0.576. The van der Waals surface area contributed by atoms with Crippen molar-refractivity contribution in [3.8, 4) is 11.5 Å². The molecule has 0 aromatic heterocycles. The van der Waals surface area contributed by atoms with Crippen molar-refractivity contribution >= 4 is 5.97 Å². The maximum Gasteiger partial charge on any atom is 0.335 e. The molecule has 0 unspecified atom stereocenters. The first kappa shape index (κ1) is 19.8. The maximum absolute atomic E-state index is 10.9. The number of aromatic carboxylic acids is 1. The molecule has 0 saturated carbocycles. The highest BCUT2D eigenvalue weighted by atomic mass is 16.5. The SMILES string of the molecule is CCCCCCOc1ccc(CCCOc2cccc(C(=O)O)c2)cc1. The van der Waals surface area contributed by atoms with Crippen LogP contribution in [0.25, 0.3) is 0 Å². The zero-order chi connectivity index (χ0) is 18.6. The van der Waals surface area contributed by atoms with Crippen LogP contribution in [0.3, 0.4) is 0 Å². The van der Waals surface area contributed by atoms with Gasteiger partial charge in [0.2, 0.25) is 0 Å². The van der Waals surface area contributed by atoms with E-state index in [1.807, 2.05) is 12.1 Å². The summed E-state index contributed by atoms with van der Waals surface area (Å²) < 4.78 is 11.4. The minimum Gasteiger partial charge on any atom is -0.494 e. The summed E-state index contributed by atoms with van der Waals surface area (Å²) in [6, 6.07) is 14.8. The second-order valence-electron chi connectivity index (χ2n) is 6.34. The molecule has 4 nitrogen and oxygen atoms in total. The highest BCUT2D eigenvalue weighted by molar-refractivity contribution is 5.87. The number of ether oxygens (including phenoxy) is 2. The van der Waals surface area contributed by atoms with Gasteiger partial charge in [0.25, 0.3) is 0 Å². The quantitative estimate of drug-likeness (QED) is 0.520. The Morgan fingerprint density at radius 2 is 1.62 bits per heavy atom. The van der Waals surface area contributed by atoms with Gasteiger partial charge in [-0.2, -0.15) is 0 Å². The van der Waals surface area contributed by atoms with E-state index in [9.17, 15) is 4.79 Å². The zero-order valence-electron chi connectivity index (χ0n) is 15.4. The third-order valence-corrected chi connectivity index (χ3v) is 4.15. The molecule has 0 amide bonds. The van der Waals surface area contributed by atoms with Crippen LogP contribution in [0, 0.1) is 0 Å². The number of carboxylic acid groups (broad SMARTS) is 1. The second-order valence-corrected chi connectivity index (χ2v) is 6.34. The molecule has 0 radical (unpaired) electrons. The highest BCUT2D eigenvalue weighted by Crippen LogP contribution is 2.16. The van der Waals surface area contributed by atoms with Crippen LogP contribution in [0.4, 0.5) is 0 Å². The molecule has 4 heteroatoms. The number of carbonyl (C=O) groups is 1. The van der Waals surface area contributed by atoms with E-state index in [1.165, 1.54) is 24.8 Å². The Bertz CT molecular complexity index is 664. The molecule has 2 aromatic carbocycles. The Morgan fingerprint density at radius 1 is 0.885 bits per heavy atom. The predicted molar refractivity (Wildman–Crippen MR) is 103 cm³/mol. The lowest BCUT2D eigenvalue weighted by Crippen LogP contribution is -2.01. The molecule has 2 aromatic rings. The Hall–Kier alpha value is -2.49. The van der Waals surface area contributed by atoms with E-state index in [2.05, 4.69) is 19.1 Å². The van der Waals surface area contributed by atoms with Gasteiger partial charge in [0.05, 0.1) is 18.8 Å². The van der Waals surface area contributed by atoms with E-state index in [0.717, 1.165) is 31.6 Å². The van der Waals surface area contributed by atoms with E-state index in [1.54, 1.807) is 24.3 Å². The standard InChI is InChI=1S/C22H28O4/c1-2-3-4-5-15-25-20-13-11-18(12-14-20)8-7-16-26-21-10-6-9-19(17-21)22(23)24/h6,9-14,17H,2-5,7-8,15-16H2,1H3,(H,23,24). The lowest BCUT2D eigenvalue weighted by Gasteiger charge is -2.08. The van der Waals surface area contributed by atoms with E-state index >= 15 is 0 Å². The van der Waals surface area contributed by atoms with Crippen molar-refractivity contribution in [2.75, 3.05) is 13.2 Å². The van der Waals surface area contributed by atoms with Gasteiger partial charge in [-0.1, -0.05) is 44.4 Å². The normalized spacial score (nSPS) is 10.5. The van der Waals surface area contributed by atoms with Gasteiger partial charge < -0.3 is 14.6 Å². The van der Waals surface area contributed by atoms with Crippen molar-refractivity contribution < 1.29 is 19.4 Å². The van der Waals surface area contributed by atoms with Crippen molar-refractivity contribution in [3.63, 3.8) is 0 Å². The van der Waals surface area contributed by atoms with Gasteiger partial charge in [-0.05, 0) is 55.2 Å². The smallest absolute Gasteiger partial charge is 0.335 e. The van der Waals surface area contributed by atoms with Crippen molar-refractivity contribution in [1.82, 2.24) is 0 Å². The molecule has 0 aliphatic rings. The molecule has 26 heavy (non-hydrogen) atoms. The van der Waals surface area contributed by atoms with Crippen LogP contribution in [-0.2, 0) is 6.42 Å². The first-order chi connectivity index (χ1) is 12.7. The highest BCUT2D eigenvalue weighted by Gasteiger charge is 2.04. The van der Waals surface area contributed by atoms with Crippen LogP contribution in [0.1, 0.15) is 54.9 Å². The van der Waals surface area contributed by atoms with Gasteiger partial charge in [-0.15, -0.1) is 0 Å². The fourth-order valence-corrected chi connectivity index (χ4v) is 2.66. The molecule has 0 aliphatic heterocycles. The number of carboxylic acids is 1. The summed E-state index contributed by atoms with van der Waals surface area (Å²) in [5, 5.41) is 8.98. The monoisotopic (exact) mass is 356 g/mol. The molecule has 0 aliphatic carbocycles. The summed E-state index contributed by atoms with van der Waals surface area (Å²) in [7, 11) is 0. The Morgan fingerprint density at radius 3 is 2.35 bits per heavy atom. The average Bonchev–Trinajstić information content (AvgIpc) is 2.66. The number of rotatable bonds is 12. The third kappa shape index (κ3) is 7.18. The molecular weight excluding hydrogens is 328 g/mol. The number of benzene rings is 2. The lowest BCUT2D eigenvalue weighted by molar-refractivity contribution is 0.0696. The van der Waals surface area contributed by atoms with Gasteiger partial charge in [0, 0.05) is 0 Å². The number of hydrogen-bond donors (Lipinski definition) is 1. The minimum atomic E-state index is -0.942. The topological polar surface area (TPSA) is 55.8 Å². The van der Waals surface area contributed by atoms with Crippen LogP contribution >= 0.6 is 0 Å². The average molecular weight is 356 g/mol. The fraction of sp³-hybridized carbons (Fsp3) is 0.409. The van der Waals surface area contributed by atoms with Gasteiger partial charge in [0.1, 0.15) is 11.5 Å². The van der Waals surface area contributed by atoms with Crippen molar-refractivity contribution in [2.45, 2.75) is 45.4 Å². The number of hydrogen-bond acceptors (Lipinski definition) is 3. The summed E-state index contributed by atoms with van der Waals surface area (Å²) >= 11 is 0. The first-order valence-corrected chi connectivity index (χ1v) is 9.37. The Balaban J connectivity index is 1.66. The minimum absolute atomic E-state index is 0.243. The van der Waals surface area contributed by atoms with E-state index < -0.39 is 5.97 Å². The Labute approximate surface area is 155 Å². The molecule has 0 fully saturated rings. The van der Waals surface area contributed by atoms with Crippen LogP contribution in [0.2, 0.25) is 0 Å². The molecule has 0 bridgehead atoms. The molecule has 0 heterocycles. The van der Waals surface area contributed by atoms with E-state index in [-0.39, 0.29) is 5.56 Å². The van der Waals surface area contributed by atoms with Crippen LogP contribution in [-0.4, -0.2) is 24.3 Å². The van der Waals surface area contributed by atoms with Crippen molar-refractivity contribution in [1.29, 1.82) is 0 Å². The van der Waals surface area contributed by atoms with E-state index in [4.69, 9.17) is 14.6 Å². The molecular formula is C22H28O4. The number of aryl methyl sites for hydroxylation is 1. The molecule has 0 spiro atoms. The van der Waals surface area contributed by atoms with E-state index in [0.29, 0.717) is 12.4 Å². The first-order valence-electron chi connectivity index (χ1n) is 9.37. The number of unbranched alkanes of at least 4 members (excludes halogenated alkanes) is 3. The molecule has 2 rings (SSSR count). The van der Waals surface area contributed by atoms with Crippen molar-refractivity contribution in [3.05, 3.63) is 59.7 Å². The van der Waals surface area contributed by atoms with Crippen LogP contribution in [0.15, 0.2) is 48.5 Å². The molecule has 0 atom stereocenters. The van der Waals surface area contributed by atoms with Crippen LogP contribution < -0.4 is 9.47 Å². The van der Waals surface area contributed by atoms with Gasteiger partial charge >= 0.3 is 5.97 Å². The predicted octanol–water partition coefficient (Wildman–Crippen LogP) is 5.36. The molecule has 140 valence electrons.